The number of thiophene rings is 1. The fraction of sp³-hybridized carbons (Fsp3) is 0.435. The Bertz CT molecular complexity index is 1080. The van der Waals surface area contributed by atoms with E-state index in [1.165, 1.54) is 16.6 Å². The molecule has 0 atom stereocenters. The molecule has 180 valence electrons. The van der Waals surface area contributed by atoms with Gasteiger partial charge in [-0.3, -0.25) is 14.5 Å². The molecular weight excluding hydrogens is 470 g/mol. The molecule has 3 aromatic rings. The summed E-state index contributed by atoms with van der Waals surface area (Å²) >= 11 is 3.08. The van der Waals surface area contributed by atoms with Crippen molar-refractivity contribution in [2.75, 3.05) is 43.8 Å². The van der Waals surface area contributed by atoms with E-state index in [0.29, 0.717) is 50.2 Å². The van der Waals surface area contributed by atoms with Crippen LogP contribution in [0, 0.1) is 0 Å². The van der Waals surface area contributed by atoms with Gasteiger partial charge in [-0.25, -0.2) is 4.68 Å². The number of hydrogen-bond acceptors (Lipinski definition) is 8. The topological polar surface area (TPSA) is 96.2 Å². The molecule has 3 heterocycles. The standard InChI is InChI=1S/C23H29N7O2S2/c1-2-18-6-3-4-8-20(18)24-21(31)16-28-11-13-29(14-12-28)22(32)17-34-23-25-26-27-30(23)10-9-19-7-5-15-33-19/h3-8,15H,2,9-14,16-17H2,1H3,(H,24,31). The lowest BCUT2D eigenvalue weighted by molar-refractivity contribution is -0.130. The second kappa shape index (κ2) is 12.1. The Morgan fingerprint density at radius 3 is 2.71 bits per heavy atom. The van der Waals surface area contributed by atoms with Crippen LogP contribution in [0.4, 0.5) is 5.69 Å². The van der Waals surface area contributed by atoms with Crippen LogP contribution < -0.4 is 5.32 Å². The average molecular weight is 500 g/mol. The first kappa shape index (κ1) is 24.4. The van der Waals surface area contributed by atoms with Crippen LogP contribution in [0.5, 0.6) is 0 Å². The minimum Gasteiger partial charge on any atom is -0.339 e. The lowest BCUT2D eigenvalue weighted by Gasteiger charge is -2.34. The monoisotopic (exact) mass is 499 g/mol. The summed E-state index contributed by atoms with van der Waals surface area (Å²) in [7, 11) is 0. The highest BCUT2D eigenvalue weighted by atomic mass is 32.2. The molecule has 34 heavy (non-hydrogen) atoms. The molecule has 0 spiro atoms. The van der Waals surface area contributed by atoms with Crippen LogP contribution in [0.3, 0.4) is 0 Å². The Balaban J connectivity index is 1.18. The zero-order valence-corrected chi connectivity index (χ0v) is 20.9. The summed E-state index contributed by atoms with van der Waals surface area (Å²) in [6.45, 7) is 5.67. The summed E-state index contributed by atoms with van der Waals surface area (Å²) in [5, 5.41) is 17.6. The van der Waals surface area contributed by atoms with Gasteiger partial charge in [0.15, 0.2) is 0 Å². The number of rotatable bonds is 10. The van der Waals surface area contributed by atoms with E-state index in [-0.39, 0.29) is 11.8 Å². The number of tetrazole rings is 1. The highest BCUT2D eigenvalue weighted by Gasteiger charge is 2.23. The molecule has 1 saturated heterocycles. The van der Waals surface area contributed by atoms with E-state index < -0.39 is 0 Å². The van der Waals surface area contributed by atoms with Crippen molar-refractivity contribution in [1.29, 1.82) is 0 Å². The van der Waals surface area contributed by atoms with Crippen LogP contribution in [0.15, 0.2) is 46.9 Å². The minimum atomic E-state index is -0.0226. The fourth-order valence-corrected chi connectivity index (χ4v) is 5.33. The number of amides is 2. The van der Waals surface area contributed by atoms with E-state index in [2.05, 4.69) is 44.1 Å². The second-order valence-electron chi connectivity index (χ2n) is 8.02. The van der Waals surface area contributed by atoms with Crippen molar-refractivity contribution in [2.24, 2.45) is 0 Å². The predicted molar refractivity (Wildman–Crippen MR) is 134 cm³/mol. The first-order chi connectivity index (χ1) is 16.6. The Morgan fingerprint density at radius 1 is 1.12 bits per heavy atom. The number of anilines is 1. The lowest BCUT2D eigenvalue weighted by Crippen LogP contribution is -2.50. The van der Waals surface area contributed by atoms with Gasteiger partial charge in [-0.2, -0.15) is 0 Å². The van der Waals surface area contributed by atoms with Gasteiger partial charge in [-0.15, -0.1) is 16.4 Å². The maximum atomic E-state index is 12.7. The maximum Gasteiger partial charge on any atom is 0.238 e. The average Bonchev–Trinajstić information content (AvgIpc) is 3.54. The molecule has 11 heteroatoms. The number of nitrogens with one attached hydrogen (secondary N) is 1. The number of thioether (sulfide) groups is 1. The van der Waals surface area contributed by atoms with E-state index in [1.807, 2.05) is 35.2 Å². The third-order valence-corrected chi connectivity index (χ3v) is 7.62. The van der Waals surface area contributed by atoms with Gasteiger partial charge in [-0.05, 0) is 39.9 Å². The molecule has 0 unspecified atom stereocenters. The molecule has 2 aromatic heterocycles. The Hall–Kier alpha value is -2.76. The van der Waals surface area contributed by atoms with Gasteiger partial charge in [0.1, 0.15) is 0 Å². The van der Waals surface area contributed by atoms with Gasteiger partial charge in [0.25, 0.3) is 0 Å². The normalized spacial score (nSPS) is 14.3. The number of hydrogen-bond donors (Lipinski definition) is 1. The van der Waals surface area contributed by atoms with Crippen LogP contribution in [0.25, 0.3) is 0 Å². The Kier molecular flexibility index (Phi) is 8.67. The molecule has 1 fully saturated rings. The van der Waals surface area contributed by atoms with Crippen LogP contribution in [0.2, 0.25) is 0 Å². The number of nitrogens with zero attached hydrogens (tertiary/aromatic N) is 6. The van der Waals surface area contributed by atoms with Gasteiger partial charge in [0, 0.05) is 43.2 Å². The molecule has 0 saturated carbocycles. The first-order valence-corrected chi connectivity index (χ1v) is 13.3. The van der Waals surface area contributed by atoms with Gasteiger partial charge in [0.2, 0.25) is 17.0 Å². The molecule has 4 rings (SSSR count). The smallest absolute Gasteiger partial charge is 0.238 e. The van der Waals surface area contributed by atoms with Crippen molar-refractivity contribution >= 4 is 40.6 Å². The molecule has 9 nitrogen and oxygen atoms in total. The number of aromatic nitrogens is 4. The molecule has 0 bridgehead atoms. The zero-order valence-electron chi connectivity index (χ0n) is 19.2. The van der Waals surface area contributed by atoms with Crippen LogP contribution in [0.1, 0.15) is 17.4 Å². The molecule has 2 amide bonds. The van der Waals surface area contributed by atoms with E-state index >= 15 is 0 Å². The summed E-state index contributed by atoms with van der Waals surface area (Å²) in [4.78, 5) is 30.4. The van der Waals surface area contributed by atoms with Crippen molar-refractivity contribution in [3.63, 3.8) is 0 Å². The van der Waals surface area contributed by atoms with Crippen molar-refractivity contribution < 1.29 is 9.59 Å². The van der Waals surface area contributed by atoms with E-state index in [1.54, 1.807) is 16.0 Å². The predicted octanol–water partition coefficient (Wildman–Crippen LogP) is 2.41. The minimum absolute atomic E-state index is 0.0226. The Morgan fingerprint density at radius 2 is 1.94 bits per heavy atom. The van der Waals surface area contributed by atoms with Crippen molar-refractivity contribution in [1.82, 2.24) is 30.0 Å². The molecule has 1 aliphatic rings. The van der Waals surface area contributed by atoms with Crippen LogP contribution >= 0.6 is 23.1 Å². The van der Waals surface area contributed by atoms with Crippen LogP contribution in [-0.2, 0) is 29.0 Å². The molecular formula is C23H29N7O2S2. The highest BCUT2D eigenvalue weighted by Crippen LogP contribution is 2.18. The molecule has 0 radical (unpaired) electrons. The van der Waals surface area contributed by atoms with E-state index in [9.17, 15) is 9.59 Å². The summed E-state index contributed by atoms with van der Waals surface area (Å²) < 4.78 is 1.75. The number of benzene rings is 1. The maximum absolute atomic E-state index is 12.7. The highest BCUT2D eigenvalue weighted by molar-refractivity contribution is 7.99. The second-order valence-corrected chi connectivity index (χ2v) is 9.99. The molecule has 1 aromatic carbocycles. The third-order valence-electron chi connectivity index (χ3n) is 5.74. The number of aryl methyl sites for hydroxylation is 3. The molecule has 0 aliphatic carbocycles. The lowest BCUT2D eigenvalue weighted by atomic mass is 10.1. The number of carbonyl (C=O) groups is 2. The SMILES string of the molecule is CCc1ccccc1NC(=O)CN1CCN(C(=O)CSc2nnnn2CCc2cccs2)CC1. The zero-order chi connectivity index (χ0) is 23.8. The van der Waals surface area contributed by atoms with Crippen LogP contribution in [-0.4, -0.2) is 80.3 Å². The summed E-state index contributed by atoms with van der Waals surface area (Å²) in [5.74, 6) is 0.345. The van der Waals surface area contributed by atoms with E-state index in [4.69, 9.17) is 0 Å². The van der Waals surface area contributed by atoms with Crippen molar-refractivity contribution in [3.05, 3.63) is 52.2 Å². The number of para-hydroxylation sites is 1. The summed E-state index contributed by atoms with van der Waals surface area (Å²) in [6, 6.07) is 12.0. The van der Waals surface area contributed by atoms with Gasteiger partial charge >= 0.3 is 0 Å². The quantitative estimate of drug-likeness (QED) is 0.428. The first-order valence-electron chi connectivity index (χ1n) is 11.4. The van der Waals surface area contributed by atoms with Gasteiger partial charge < -0.3 is 10.2 Å². The van der Waals surface area contributed by atoms with Crippen molar-refractivity contribution in [2.45, 2.75) is 31.5 Å². The third kappa shape index (κ3) is 6.64. The van der Waals surface area contributed by atoms with E-state index in [0.717, 1.165) is 24.1 Å². The summed E-state index contributed by atoms with van der Waals surface area (Å²) in [6.07, 6.45) is 1.74. The van der Waals surface area contributed by atoms with Gasteiger partial charge in [0.05, 0.1) is 18.8 Å². The fourth-order valence-electron chi connectivity index (χ4n) is 3.83. The summed E-state index contributed by atoms with van der Waals surface area (Å²) in [5.41, 5.74) is 2.00. The number of carbonyl (C=O) groups excluding carboxylic acids is 2. The molecule has 1 aliphatic heterocycles. The number of piperazine rings is 1. The van der Waals surface area contributed by atoms with Crippen molar-refractivity contribution in [3.8, 4) is 0 Å². The van der Waals surface area contributed by atoms with Gasteiger partial charge in [-0.1, -0.05) is 43.0 Å². The largest absolute Gasteiger partial charge is 0.339 e. The Labute approximate surface area is 207 Å². The molecule has 1 N–H and O–H groups in total.